The van der Waals surface area contributed by atoms with Crippen molar-refractivity contribution in [3.63, 3.8) is 0 Å². The van der Waals surface area contributed by atoms with Crippen molar-refractivity contribution in [3.8, 4) is 11.5 Å². The lowest BCUT2D eigenvalue weighted by molar-refractivity contribution is -0.275. The molecule has 0 saturated carbocycles. The lowest BCUT2D eigenvalue weighted by Gasteiger charge is -2.16. The molecule has 1 aromatic rings. The van der Waals surface area contributed by atoms with Gasteiger partial charge in [0.05, 0.1) is 13.5 Å². The average molecular weight is 279 g/mol. The smallest absolute Gasteiger partial charge is 0.504 e. The van der Waals surface area contributed by atoms with E-state index in [1.165, 1.54) is 12.1 Å². The van der Waals surface area contributed by atoms with E-state index >= 15 is 0 Å². The first-order valence-corrected chi connectivity index (χ1v) is 5.14. The standard InChI is InChI=1S/C11H12F3NO4/c1-18-9(16)5-7(15)6-3-2-4-8(10(6)17)19-11(12,13)14/h2-4,7,17H,5,15H2,1H3/t7-/m1/s1. The van der Waals surface area contributed by atoms with Crippen molar-refractivity contribution in [1.82, 2.24) is 0 Å². The predicted octanol–water partition coefficient (Wildman–Crippen LogP) is 1.85. The van der Waals surface area contributed by atoms with Gasteiger partial charge in [-0.15, -0.1) is 13.2 Å². The van der Waals surface area contributed by atoms with Crippen molar-refractivity contribution in [3.05, 3.63) is 23.8 Å². The van der Waals surface area contributed by atoms with Gasteiger partial charge >= 0.3 is 12.3 Å². The Bertz CT molecular complexity index is 462. The number of benzene rings is 1. The fourth-order valence-electron chi connectivity index (χ4n) is 1.42. The molecule has 1 atom stereocenters. The minimum absolute atomic E-state index is 0.0350. The molecule has 5 nitrogen and oxygen atoms in total. The molecule has 0 radical (unpaired) electrons. The molecule has 0 aromatic heterocycles. The molecule has 0 unspecified atom stereocenters. The van der Waals surface area contributed by atoms with Gasteiger partial charge in [-0.05, 0) is 6.07 Å². The molecule has 0 amide bonds. The van der Waals surface area contributed by atoms with Gasteiger partial charge in [0.25, 0.3) is 0 Å². The third-order valence-electron chi connectivity index (χ3n) is 2.27. The van der Waals surface area contributed by atoms with Crippen LogP contribution in [-0.2, 0) is 9.53 Å². The van der Waals surface area contributed by atoms with E-state index in [9.17, 15) is 23.1 Å². The Balaban J connectivity index is 2.97. The number of carbonyl (C=O) groups is 1. The third kappa shape index (κ3) is 4.32. The Morgan fingerprint density at radius 3 is 2.63 bits per heavy atom. The van der Waals surface area contributed by atoms with Crippen LogP contribution in [0.15, 0.2) is 18.2 Å². The molecule has 0 saturated heterocycles. The van der Waals surface area contributed by atoms with Crippen LogP contribution in [0.3, 0.4) is 0 Å². The number of hydrogen-bond acceptors (Lipinski definition) is 5. The van der Waals surface area contributed by atoms with Gasteiger partial charge in [0.2, 0.25) is 0 Å². The molecule has 106 valence electrons. The number of phenolic OH excluding ortho intramolecular Hbond substituents is 1. The Morgan fingerprint density at radius 2 is 2.11 bits per heavy atom. The van der Waals surface area contributed by atoms with Gasteiger partial charge in [0, 0.05) is 11.6 Å². The van der Waals surface area contributed by atoms with E-state index in [2.05, 4.69) is 9.47 Å². The highest BCUT2D eigenvalue weighted by Gasteiger charge is 2.33. The van der Waals surface area contributed by atoms with Gasteiger partial charge in [-0.1, -0.05) is 12.1 Å². The van der Waals surface area contributed by atoms with Crippen LogP contribution in [0.1, 0.15) is 18.0 Å². The number of rotatable bonds is 4. The monoisotopic (exact) mass is 279 g/mol. The molecule has 0 aliphatic carbocycles. The van der Waals surface area contributed by atoms with Gasteiger partial charge in [-0.3, -0.25) is 4.79 Å². The summed E-state index contributed by atoms with van der Waals surface area (Å²) in [6.45, 7) is 0. The number of carbonyl (C=O) groups excluding carboxylic acids is 1. The molecule has 19 heavy (non-hydrogen) atoms. The molecule has 8 heteroatoms. The molecular formula is C11H12F3NO4. The van der Waals surface area contributed by atoms with Gasteiger partial charge in [0.1, 0.15) is 0 Å². The molecule has 3 N–H and O–H groups in total. The van der Waals surface area contributed by atoms with Gasteiger partial charge < -0.3 is 20.3 Å². The summed E-state index contributed by atoms with van der Waals surface area (Å²) in [7, 11) is 1.15. The van der Waals surface area contributed by atoms with Crippen molar-refractivity contribution in [2.24, 2.45) is 5.73 Å². The highest BCUT2D eigenvalue weighted by Crippen LogP contribution is 2.36. The van der Waals surface area contributed by atoms with Crippen LogP contribution in [0, 0.1) is 0 Å². The first-order valence-electron chi connectivity index (χ1n) is 5.14. The summed E-state index contributed by atoms with van der Waals surface area (Å²) >= 11 is 0. The molecular weight excluding hydrogens is 267 g/mol. The maximum atomic E-state index is 12.1. The fraction of sp³-hybridized carbons (Fsp3) is 0.364. The van der Waals surface area contributed by atoms with Crippen LogP contribution in [0.2, 0.25) is 0 Å². The van der Waals surface area contributed by atoms with Crippen LogP contribution < -0.4 is 10.5 Å². The largest absolute Gasteiger partial charge is 0.573 e. The molecule has 1 aromatic carbocycles. The number of phenols is 1. The number of hydrogen-bond donors (Lipinski definition) is 2. The van der Waals surface area contributed by atoms with Crippen LogP contribution in [0.25, 0.3) is 0 Å². The van der Waals surface area contributed by atoms with Crippen molar-refractivity contribution in [1.29, 1.82) is 0 Å². The lowest BCUT2D eigenvalue weighted by Crippen LogP contribution is -2.19. The number of nitrogens with two attached hydrogens (primary N) is 1. The summed E-state index contributed by atoms with van der Waals surface area (Å²) in [5, 5.41) is 9.65. The molecule has 0 bridgehead atoms. The topological polar surface area (TPSA) is 81.8 Å². The molecule has 1 rings (SSSR count). The summed E-state index contributed by atoms with van der Waals surface area (Å²) < 4.78 is 44.3. The molecule has 0 fully saturated rings. The number of ether oxygens (including phenoxy) is 2. The SMILES string of the molecule is COC(=O)C[C@@H](N)c1cccc(OC(F)(F)F)c1O. The van der Waals surface area contributed by atoms with E-state index in [0.717, 1.165) is 13.2 Å². The predicted molar refractivity (Wildman–Crippen MR) is 58.4 cm³/mol. The van der Waals surface area contributed by atoms with E-state index in [1.54, 1.807) is 0 Å². The van der Waals surface area contributed by atoms with Crippen molar-refractivity contribution < 1.29 is 32.5 Å². The van der Waals surface area contributed by atoms with Gasteiger partial charge in [0.15, 0.2) is 11.5 Å². The van der Waals surface area contributed by atoms with E-state index < -0.39 is 29.9 Å². The Morgan fingerprint density at radius 1 is 1.47 bits per heavy atom. The maximum Gasteiger partial charge on any atom is 0.573 e. The highest BCUT2D eigenvalue weighted by atomic mass is 19.4. The quantitative estimate of drug-likeness (QED) is 0.822. The molecule has 0 aliphatic rings. The number of halogens is 3. The highest BCUT2D eigenvalue weighted by molar-refractivity contribution is 5.70. The summed E-state index contributed by atoms with van der Waals surface area (Å²) in [6, 6.07) is 2.47. The van der Waals surface area contributed by atoms with Crippen molar-refractivity contribution in [2.45, 2.75) is 18.8 Å². The van der Waals surface area contributed by atoms with Crippen LogP contribution in [0.5, 0.6) is 11.5 Å². The van der Waals surface area contributed by atoms with Crippen LogP contribution in [-0.4, -0.2) is 24.5 Å². The maximum absolute atomic E-state index is 12.1. The summed E-state index contributed by atoms with van der Waals surface area (Å²) in [5.74, 6) is -2.17. The number of para-hydroxylation sites is 1. The Hall–Kier alpha value is -1.96. The van der Waals surface area contributed by atoms with Crippen molar-refractivity contribution >= 4 is 5.97 Å². The number of aromatic hydroxyl groups is 1. The molecule has 0 spiro atoms. The average Bonchev–Trinajstić information content (AvgIpc) is 2.29. The zero-order chi connectivity index (χ0) is 14.6. The number of alkyl halides is 3. The first-order chi connectivity index (χ1) is 8.74. The second kappa shape index (κ2) is 5.79. The minimum Gasteiger partial charge on any atom is -0.504 e. The molecule has 0 heterocycles. The van der Waals surface area contributed by atoms with E-state index in [1.807, 2.05) is 0 Å². The minimum atomic E-state index is -4.93. The van der Waals surface area contributed by atoms with E-state index in [4.69, 9.17) is 5.73 Å². The van der Waals surface area contributed by atoms with E-state index in [0.29, 0.717) is 0 Å². The Kier molecular flexibility index (Phi) is 4.60. The molecule has 0 aliphatic heterocycles. The van der Waals surface area contributed by atoms with Gasteiger partial charge in [-0.25, -0.2) is 0 Å². The van der Waals surface area contributed by atoms with Crippen LogP contribution >= 0.6 is 0 Å². The fourth-order valence-corrected chi connectivity index (χ4v) is 1.42. The second-order valence-corrected chi connectivity index (χ2v) is 3.63. The lowest BCUT2D eigenvalue weighted by atomic mass is 10.0. The van der Waals surface area contributed by atoms with Crippen LogP contribution in [0.4, 0.5) is 13.2 Å². The zero-order valence-corrected chi connectivity index (χ0v) is 9.90. The number of esters is 1. The number of methoxy groups -OCH3 is 1. The summed E-state index contributed by atoms with van der Waals surface area (Å²) in [6.07, 6.45) is -5.21. The first kappa shape index (κ1) is 15.1. The summed E-state index contributed by atoms with van der Waals surface area (Å²) in [5.41, 5.74) is 5.57. The third-order valence-corrected chi connectivity index (χ3v) is 2.27. The van der Waals surface area contributed by atoms with Gasteiger partial charge in [-0.2, -0.15) is 0 Å². The van der Waals surface area contributed by atoms with Crippen molar-refractivity contribution in [2.75, 3.05) is 7.11 Å². The van der Waals surface area contributed by atoms with E-state index in [-0.39, 0.29) is 12.0 Å². The summed E-state index contributed by atoms with van der Waals surface area (Å²) in [4.78, 5) is 11.0. The normalized spacial score (nSPS) is 12.9. The zero-order valence-electron chi connectivity index (χ0n) is 9.90. The Labute approximate surface area is 106 Å². The second-order valence-electron chi connectivity index (χ2n) is 3.63.